The van der Waals surface area contributed by atoms with E-state index in [2.05, 4.69) is 5.32 Å². The van der Waals surface area contributed by atoms with Crippen LogP contribution in [0.2, 0.25) is 0 Å². The molecule has 0 radical (unpaired) electrons. The molecule has 0 aliphatic rings. The van der Waals surface area contributed by atoms with E-state index in [1.165, 1.54) is 0 Å². The topological polar surface area (TPSA) is 46.2 Å². The summed E-state index contributed by atoms with van der Waals surface area (Å²) in [6.45, 7) is 4.00. The first-order chi connectivity index (χ1) is 7.22. The van der Waals surface area contributed by atoms with Gasteiger partial charge in [0.15, 0.2) is 0 Å². The molecule has 4 heteroatoms. The van der Waals surface area contributed by atoms with Crippen LogP contribution in [0.25, 0.3) is 0 Å². The van der Waals surface area contributed by atoms with Gasteiger partial charge in [-0.25, -0.2) is 0 Å². The lowest BCUT2D eigenvalue weighted by molar-refractivity contribution is -0.107. The number of halogens is 1. The van der Waals surface area contributed by atoms with Crippen molar-refractivity contribution in [2.24, 2.45) is 0 Å². The molecule has 3 nitrogen and oxygen atoms in total. The van der Waals surface area contributed by atoms with Crippen molar-refractivity contribution in [3.63, 3.8) is 0 Å². The Morgan fingerprint density at radius 2 is 1.87 bits per heavy atom. The van der Waals surface area contributed by atoms with E-state index in [0.717, 1.165) is 11.8 Å². The van der Waals surface area contributed by atoms with Crippen molar-refractivity contribution in [3.8, 4) is 0 Å². The zero-order valence-corrected chi connectivity index (χ0v) is 9.54. The van der Waals surface area contributed by atoms with Crippen LogP contribution in [0.15, 0.2) is 24.3 Å². The van der Waals surface area contributed by atoms with Crippen molar-refractivity contribution in [2.75, 3.05) is 5.32 Å². The molecule has 1 rings (SSSR count). The van der Waals surface area contributed by atoms with Crippen LogP contribution in [0, 0.1) is 0 Å². The smallest absolute Gasteiger partial charge is 0.312 e. The lowest BCUT2D eigenvalue weighted by atomic mass is 10.1. The first kappa shape index (κ1) is 13.7. The van der Waals surface area contributed by atoms with Gasteiger partial charge in [0.25, 0.3) is 0 Å². The molecule has 0 unspecified atom stereocenters. The molecule has 1 N–H and O–H groups in total. The van der Waals surface area contributed by atoms with Crippen molar-refractivity contribution in [2.45, 2.75) is 20.3 Å². The zero-order valence-electron chi connectivity index (χ0n) is 8.79. The SMILES string of the molecule is CC.O=CCc1ccc(NC(=O)Cl)cc1. The van der Waals surface area contributed by atoms with E-state index in [0.29, 0.717) is 12.1 Å². The molecule has 1 aromatic rings. The monoisotopic (exact) mass is 227 g/mol. The molecule has 0 heterocycles. The van der Waals surface area contributed by atoms with Gasteiger partial charge in [-0.2, -0.15) is 0 Å². The fourth-order valence-corrected chi connectivity index (χ4v) is 1.04. The molecule has 15 heavy (non-hydrogen) atoms. The van der Waals surface area contributed by atoms with E-state index in [9.17, 15) is 9.59 Å². The average molecular weight is 228 g/mol. The zero-order chi connectivity index (χ0) is 11.7. The highest BCUT2D eigenvalue weighted by molar-refractivity contribution is 6.65. The summed E-state index contributed by atoms with van der Waals surface area (Å²) in [6.07, 6.45) is 1.21. The van der Waals surface area contributed by atoms with E-state index in [4.69, 9.17) is 11.6 Å². The predicted molar refractivity (Wildman–Crippen MR) is 62.4 cm³/mol. The number of benzene rings is 1. The maximum Gasteiger partial charge on any atom is 0.318 e. The normalized spacial score (nSPS) is 8.47. The van der Waals surface area contributed by atoms with Crippen LogP contribution in [0.4, 0.5) is 10.5 Å². The number of anilines is 1. The van der Waals surface area contributed by atoms with Gasteiger partial charge in [0, 0.05) is 12.1 Å². The number of hydrogen-bond donors (Lipinski definition) is 1. The van der Waals surface area contributed by atoms with Crippen LogP contribution in [0.5, 0.6) is 0 Å². The van der Waals surface area contributed by atoms with Crippen molar-refractivity contribution in [1.82, 2.24) is 0 Å². The maximum atomic E-state index is 10.4. The second-order valence-corrected chi connectivity index (χ2v) is 2.81. The van der Waals surface area contributed by atoms with Gasteiger partial charge < -0.3 is 10.1 Å². The van der Waals surface area contributed by atoms with Crippen LogP contribution in [0.3, 0.4) is 0 Å². The Bertz CT molecular complexity index is 309. The van der Waals surface area contributed by atoms with Crippen molar-refractivity contribution >= 4 is 28.9 Å². The largest absolute Gasteiger partial charge is 0.318 e. The third kappa shape index (κ3) is 5.86. The minimum Gasteiger partial charge on any atom is -0.312 e. The van der Waals surface area contributed by atoms with Gasteiger partial charge in [-0.05, 0) is 29.3 Å². The summed E-state index contributed by atoms with van der Waals surface area (Å²) in [7, 11) is 0. The minimum absolute atomic E-state index is 0.384. The summed E-state index contributed by atoms with van der Waals surface area (Å²) in [5.74, 6) is 0. The first-order valence-electron chi connectivity index (χ1n) is 4.71. The standard InChI is InChI=1S/C9H8ClNO2.C2H6/c10-9(13)11-8-3-1-7(2-4-8)5-6-12;1-2/h1-4,6H,5H2,(H,11,13);1-2H3. The number of carbonyl (C=O) groups is 2. The molecule has 0 saturated carbocycles. The summed E-state index contributed by atoms with van der Waals surface area (Å²) in [5.41, 5.74) is 1.53. The molecule has 1 amide bonds. The van der Waals surface area contributed by atoms with Gasteiger partial charge in [0.2, 0.25) is 0 Å². The molecule has 0 spiro atoms. The minimum atomic E-state index is -0.622. The summed E-state index contributed by atoms with van der Waals surface area (Å²) in [5, 5.41) is 1.79. The Hall–Kier alpha value is -1.35. The Labute approximate surface area is 94.4 Å². The second-order valence-electron chi connectivity index (χ2n) is 2.47. The molecule has 0 bridgehead atoms. The second kappa shape index (κ2) is 8.00. The quantitative estimate of drug-likeness (QED) is 0.490. The molecule has 0 aliphatic carbocycles. The highest BCUT2D eigenvalue weighted by atomic mass is 35.5. The molecule has 0 aromatic heterocycles. The van der Waals surface area contributed by atoms with E-state index in [1.54, 1.807) is 24.3 Å². The number of amides is 1. The Morgan fingerprint density at radius 1 is 1.33 bits per heavy atom. The number of nitrogens with one attached hydrogen (secondary N) is 1. The fraction of sp³-hybridized carbons (Fsp3) is 0.273. The number of aldehydes is 1. The third-order valence-corrected chi connectivity index (χ3v) is 1.61. The van der Waals surface area contributed by atoms with Crippen LogP contribution in [-0.2, 0) is 11.2 Å². The van der Waals surface area contributed by atoms with E-state index >= 15 is 0 Å². The average Bonchev–Trinajstić information content (AvgIpc) is 2.24. The highest BCUT2D eigenvalue weighted by Gasteiger charge is 1.96. The lowest BCUT2D eigenvalue weighted by Crippen LogP contribution is -2.00. The molecule has 1 aromatic carbocycles. The summed E-state index contributed by atoms with van der Waals surface area (Å²) >= 11 is 5.11. The van der Waals surface area contributed by atoms with Crippen molar-refractivity contribution in [3.05, 3.63) is 29.8 Å². The lowest BCUT2D eigenvalue weighted by Gasteiger charge is -2.00. The van der Waals surface area contributed by atoms with E-state index in [-0.39, 0.29) is 0 Å². The van der Waals surface area contributed by atoms with E-state index in [1.807, 2.05) is 13.8 Å². The number of hydrogen-bond acceptors (Lipinski definition) is 2. The van der Waals surface area contributed by atoms with Gasteiger partial charge in [-0.1, -0.05) is 26.0 Å². The fourth-order valence-electron chi connectivity index (χ4n) is 0.934. The number of carbonyl (C=O) groups excluding carboxylic acids is 2. The van der Waals surface area contributed by atoms with Gasteiger partial charge in [-0.15, -0.1) is 0 Å². The van der Waals surface area contributed by atoms with Gasteiger partial charge in [0.1, 0.15) is 6.29 Å². The molecular weight excluding hydrogens is 214 g/mol. The molecule has 0 atom stereocenters. The first-order valence-corrected chi connectivity index (χ1v) is 5.09. The predicted octanol–water partition coefficient (Wildman–Crippen LogP) is 3.22. The van der Waals surface area contributed by atoms with Crippen LogP contribution in [0.1, 0.15) is 19.4 Å². The number of rotatable bonds is 3. The van der Waals surface area contributed by atoms with Gasteiger partial charge in [-0.3, -0.25) is 4.79 Å². The summed E-state index contributed by atoms with van der Waals surface area (Å²) in [4.78, 5) is 20.6. The third-order valence-electron chi connectivity index (χ3n) is 1.52. The Morgan fingerprint density at radius 3 is 2.27 bits per heavy atom. The molecule has 0 fully saturated rings. The van der Waals surface area contributed by atoms with Gasteiger partial charge in [0.05, 0.1) is 0 Å². The summed E-state index contributed by atoms with van der Waals surface area (Å²) in [6, 6.07) is 6.91. The molecular formula is C11H14ClNO2. The molecule has 0 aliphatic heterocycles. The van der Waals surface area contributed by atoms with Crippen LogP contribution in [-0.4, -0.2) is 11.7 Å². The van der Waals surface area contributed by atoms with E-state index < -0.39 is 5.37 Å². The Balaban J connectivity index is 0.000000921. The van der Waals surface area contributed by atoms with Crippen LogP contribution < -0.4 is 5.32 Å². The van der Waals surface area contributed by atoms with Crippen molar-refractivity contribution < 1.29 is 9.59 Å². The molecule has 0 saturated heterocycles. The summed E-state index contributed by atoms with van der Waals surface area (Å²) < 4.78 is 0. The van der Waals surface area contributed by atoms with Crippen molar-refractivity contribution in [1.29, 1.82) is 0 Å². The maximum absolute atomic E-state index is 10.4. The Kier molecular flexibility index (Phi) is 7.28. The van der Waals surface area contributed by atoms with Crippen LogP contribution >= 0.6 is 11.6 Å². The molecule has 82 valence electrons. The highest BCUT2D eigenvalue weighted by Crippen LogP contribution is 2.10. The van der Waals surface area contributed by atoms with Gasteiger partial charge >= 0.3 is 5.37 Å².